The van der Waals surface area contributed by atoms with Gasteiger partial charge in [0, 0.05) is 10.9 Å². The summed E-state index contributed by atoms with van der Waals surface area (Å²) < 4.78 is 40.1. The van der Waals surface area contributed by atoms with Gasteiger partial charge >= 0.3 is 6.18 Å². The summed E-state index contributed by atoms with van der Waals surface area (Å²) in [5.74, 6) is 0.131. The molecule has 0 fully saturated rings. The van der Waals surface area contributed by atoms with Crippen molar-refractivity contribution in [1.82, 2.24) is 20.0 Å². The Morgan fingerprint density at radius 3 is 2.55 bits per heavy atom. The summed E-state index contributed by atoms with van der Waals surface area (Å²) in [5.41, 5.74) is 8.86. The molecule has 2 N–H and O–H groups in total. The van der Waals surface area contributed by atoms with Crippen LogP contribution in [0, 0.1) is 0 Å². The van der Waals surface area contributed by atoms with E-state index in [-0.39, 0.29) is 11.5 Å². The Morgan fingerprint density at radius 1 is 1.10 bits per heavy atom. The van der Waals surface area contributed by atoms with Crippen LogP contribution < -0.4 is 5.73 Å². The van der Waals surface area contributed by atoms with Crippen molar-refractivity contribution in [2.75, 3.05) is 5.73 Å². The molecule has 0 atom stereocenters. The van der Waals surface area contributed by atoms with Crippen LogP contribution in [0.3, 0.4) is 0 Å². The lowest BCUT2D eigenvalue weighted by atomic mass is 10.1. The highest BCUT2D eigenvalue weighted by Crippen LogP contribution is 2.33. The minimum atomic E-state index is -4.45. The van der Waals surface area contributed by atoms with Gasteiger partial charge in [-0.3, -0.25) is 0 Å². The SMILES string of the molecule is CCc1ccc(-c2csc(-c3nnn(-c4cccc(C(F)(F)F)c4)c3N)n2)cc1. The van der Waals surface area contributed by atoms with E-state index in [1.165, 1.54) is 33.7 Å². The third kappa shape index (κ3) is 3.73. The second kappa shape index (κ2) is 7.32. The molecule has 0 unspecified atom stereocenters. The number of anilines is 1. The van der Waals surface area contributed by atoms with E-state index in [0.717, 1.165) is 29.8 Å². The fourth-order valence-corrected chi connectivity index (χ4v) is 3.69. The maximum absolute atomic E-state index is 13.0. The molecule has 0 bridgehead atoms. The number of nitrogens with zero attached hydrogens (tertiary/aromatic N) is 4. The van der Waals surface area contributed by atoms with Crippen LogP contribution >= 0.6 is 11.3 Å². The zero-order chi connectivity index (χ0) is 20.6. The molecule has 4 rings (SSSR count). The van der Waals surface area contributed by atoms with Gasteiger partial charge < -0.3 is 5.73 Å². The zero-order valence-electron chi connectivity index (χ0n) is 15.3. The van der Waals surface area contributed by atoms with E-state index >= 15 is 0 Å². The molecule has 4 aromatic rings. The number of thiazole rings is 1. The van der Waals surface area contributed by atoms with Gasteiger partial charge in [0.1, 0.15) is 5.01 Å². The third-order valence-corrected chi connectivity index (χ3v) is 5.34. The van der Waals surface area contributed by atoms with E-state index < -0.39 is 11.7 Å². The van der Waals surface area contributed by atoms with Gasteiger partial charge in [-0.2, -0.15) is 17.9 Å². The molecule has 2 aromatic heterocycles. The number of aryl methyl sites for hydroxylation is 1. The monoisotopic (exact) mass is 415 g/mol. The van der Waals surface area contributed by atoms with E-state index in [1.807, 2.05) is 29.6 Å². The van der Waals surface area contributed by atoms with E-state index in [0.29, 0.717) is 10.7 Å². The highest BCUT2D eigenvalue weighted by molar-refractivity contribution is 7.13. The minimum Gasteiger partial charge on any atom is -0.382 e. The number of benzene rings is 2. The molecule has 0 aliphatic rings. The summed E-state index contributed by atoms with van der Waals surface area (Å²) in [6.07, 6.45) is -3.50. The Morgan fingerprint density at radius 2 is 1.86 bits per heavy atom. The maximum Gasteiger partial charge on any atom is 0.416 e. The van der Waals surface area contributed by atoms with E-state index in [2.05, 4.69) is 22.2 Å². The van der Waals surface area contributed by atoms with Gasteiger partial charge in [-0.25, -0.2) is 4.98 Å². The predicted molar refractivity (Wildman–Crippen MR) is 107 cm³/mol. The molecule has 0 saturated heterocycles. The lowest BCUT2D eigenvalue weighted by Crippen LogP contribution is -2.08. The van der Waals surface area contributed by atoms with Crippen molar-refractivity contribution >= 4 is 17.2 Å². The average molecular weight is 415 g/mol. The van der Waals surface area contributed by atoms with Crippen LogP contribution in [-0.4, -0.2) is 20.0 Å². The van der Waals surface area contributed by atoms with Crippen molar-refractivity contribution in [3.8, 4) is 27.6 Å². The van der Waals surface area contributed by atoms with Crippen LogP contribution in [0.5, 0.6) is 0 Å². The number of hydrogen-bond acceptors (Lipinski definition) is 5. The molecular formula is C20H16F3N5S. The molecule has 2 aromatic carbocycles. The number of halogens is 3. The molecule has 5 nitrogen and oxygen atoms in total. The molecule has 0 saturated carbocycles. The Balaban J connectivity index is 1.67. The number of alkyl halides is 3. The highest BCUT2D eigenvalue weighted by Gasteiger charge is 2.31. The maximum atomic E-state index is 13.0. The van der Waals surface area contributed by atoms with E-state index in [9.17, 15) is 13.2 Å². The van der Waals surface area contributed by atoms with Gasteiger partial charge in [0.15, 0.2) is 11.5 Å². The predicted octanol–water partition coefficient (Wildman–Crippen LogP) is 5.22. The summed E-state index contributed by atoms with van der Waals surface area (Å²) in [6, 6.07) is 12.9. The largest absolute Gasteiger partial charge is 0.416 e. The molecule has 0 spiro atoms. The van der Waals surface area contributed by atoms with Crippen molar-refractivity contribution in [3.63, 3.8) is 0 Å². The normalized spacial score (nSPS) is 11.7. The quantitative estimate of drug-likeness (QED) is 0.496. The average Bonchev–Trinajstić information content (AvgIpc) is 3.34. The Hall–Kier alpha value is -3.20. The van der Waals surface area contributed by atoms with E-state index in [4.69, 9.17) is 5.73 Å². The van der Waals surface area contributed by atoms with Gasteiger partial charge in [-0.05, 0) is 30.2 Å². The first kappa shape index (κ1) is 19.1. The summed E-state index contributed by atoms with van der Waals surface area (Å²) in [4.78, 5) is 4.57. The van der Waals surface area contributed by atoms with Crippen molar-refractivity contribution in [1.29, 1.82) is 0 Å². The zero-order valence-corrected chi connectivity index (χ0v) is 16.1. The molecule has 0 radical (unpaired) electrons. The van der Waals surface area contributed by atoms with Gasteiger partial charge in [0.2, 0.25) is 0 Å². The van der Waals surface area contributed by atoms with E-state index in [1.54, 1.807) is 0 Å². The molecular weight excluding hydrogens is 399 g/mol. The summed E-state index contributed by atoms with van der Waals surface area (Å²) in [6.45, 7) is 2.09. The fourth-order valence-electron chi connectivity index (χ4n) is 2.87. The number of rotatable bonds is 4. The molecule has 29 heavy (non-hydrogen) atoms. The summed E-state index contributed by atoms with van der Waals surface area (Å²) in [5, 5.41) is 10.4. The molecule has 9 heteroatoms. The highest BCUT2D eigenvalue weighted by atomic mass is 32.1. The van der Waals surface area contributed by atoms with Crippen molar-refractivity contribution < 1.29 is 13.2 Å². The molecule has 0 aliphatic carbocycles. The number of hydrogen-bond donors (Lipinski definition) is 1. The number of nitrogens with two attached hydrogens (primary N) is 1. The van der Waals surface area contributed by atoms with Gasteiger partial charge in [0.05, 0.1) is 16.9 Å². The first-order chi connectivity index (χ1) is 13.9. The van der Waals surface area contributed by atoms with Crippen LogP contribution in [0.4, 0.5) is 19.0 Å². The number of nitrogen functional groups attached to an aromatic ring is 1. The van der Waals surface area contributed by atoms with Crippen molar-refractivity contribution in [3.05, 3.63) is 65.0 Å². The van der Waals surface area contributed by atoms with Gasteiger partial charge in [0.25, 0.3) is 0 Å². The second-order valence-corrected chi connectivity index (χ2v) is 7.23. The molecule has 148 valence electrons. The Labute approximate surface area is 168 Å². The first-order valence-electron chi connectivity index (χ1n) is 8.81. The second-order valence-electron chi connectivity index (χ2n) is 6.37. The van der Waals surface area contributed by atoms with Crippen molar-refractivity contribution in [2.24, 2.45) is 0 Å². The Bertz CT molecular complexity index is 1150. The Kier molecular flexibility index (Phi) is 4.83. The lowest BCUT2D eigenvalue weighted by Gasteiger charge is -2.09. The molecule has 2 heterocycles. The van der Waals surface area contributed by atoms with Gasteiger partial charge in [-0.1, -0.05) is 42.5 Å². The van der Waals surface area contributed by atoms with Crippen LogP contribution in [0.25, 0.3) is 27.6 Å². The minimum absolute atomic E-state index is 0.131. The summed E-state index contributed by atoms with van der Waals surface area (Å²) in [7, 11) is 0. The fraction of sp³-hybridized carbons (Fsp3) is 0.150. The topological polar surface area (TPSA) is 69.6 Å². The van der Waals surface area contributed by atoms with Crippen LogP contribution in [0.1, 0.15) is 18.1 Å². The lowest BCUT2D eigenvalue weighted by molar-refractivity contribution is -0.137. The smallest absolute Gasteiger partial charge is 0.382 e. The third-order valence-electron chi connectivity index (χ3n) is 4.49. The molecule has 0 aliphatic heterocycles. The van der Waals surface area contributed by atoms with Crippen LogP contribution in [0.15, 0.2) is 53.9 Å². The summed E-state index contributed by atoms with van der Waals surface area (Å²) >= 11 is 1.35. The number of aromatic nitrogens is 4. The van der Waals surface area contributed by atoms with Crippen molar-refractivity contribution in [2.45, 2.75) is 19.5 Å². The molecule has 0 amide bonds. The standard InChI is InChI=1S/C20H16F3N5S/c1-2-12-6-8-13(9-7-12)16-11-29-19(25-16)17-18(24)28(27-26-17)15-5-3-4-14(10-15)20(21,22)23/h3-11H,2,24H2,1H3. The van der Waals surface area contributed by atoms with Crippen LogP contribution in [-0.2, 0) is 12.6 Å². The first-order valence-corrected chi connectivity index (χ1v) is 9.69. The van der Waals surface area contributed by atoms with Crippen LogP contribution in [0.2, 0.25) is 0 Å². The van der Waals surface area contributed by atoms with Gasteiger partial charge in [-0.15, -0.1) is 16.4 Å².